The molecule has 0 atom stereocenters. The van der Waals surface area contributed by atoms with Crippen LogP contribution in [0.25, 0.3) is 21.9 Å². The van der Waals surface area contributed by atoms with Gasteiger partial charge in [0, 0.05) is 11.6 Å². The van der Waals surface area contributed by atoms with Crippen molar-refractivity contribution in [1.82, 2.24) is 20.0 Å². The van der Waals surface area contributed by atoms with Crippen LogP contribution in [0.15, 0.2) is 30.5 Å². The van der Waals surface area contributed by atoms with Gasteiger partial charge >= 0.3 is 0 Å². The van der Waals surface area contributed by atoms with Crippen molar-refractivity contribution in [2.24, 2.45) is 0 Å². The summed E-state index contributed by atoms with van der Waals surface area (Å²) in [6, 6.07) is 7.55. The van der Waals surface area contributed by atoms with Gasteiger partial charge in [-0.05, 0) is 24.3 Å². The van der Waals surface area contributed by atoms with E-state index < -0.39 is 0 Å². The number of rotatable bonds is 1. The second-order valence-corrected chi connectivity index (χ2v) is 3.23. The minimum absolute atomic E-state index is 0.176. The van der Waals surface area contributed by atoms with Crippen LogP contribution in [0.3, 0.4) is 0 Å². The number of aliphatic hydroxyl groups excluding tert-OH is 1. The van der Waals surface area contributed by atoms with Crippen molar-refractivity contribution in [1.29, 1.82) is 0 Å². The molecule has 0 radical (unpaired) electrons. The molecule has 0 amide bonds. The quantitative estimate of drug-likeness (QED) is 0.634. The maximum Gasteiger partial charge on any atom is 0.138 e. The average Bonchev–Trinajstić information content (AvgIpc) is 2.72. The van der Waals surface area contributed by atoms with E-state index in [0.29, 0.717) is 0 Å². The lowest BCUT2D eigenvalue weighted by molar-refractivity contribution is 0.198. The first-order valence-electron chi connectivity index (χ1n) is 4.58. The molecule has 0 bridgehead atoms. The van der Waals surface area contributed by atoms with E-state index in [2.05, 4.69) is 15.3 Å². The molecule has 0 saturated heterocycles. The molecule has 2 heterocycles. The summed E-state index contributed by atoms with van der Waals surface area (Å²) in [5.41, 5.74) is 2.47. The summed E-state index contributed by atoms with van der Waals surface area (Å²) >= 11 is 0. The number of fused-ring (bicyclic) bond motifs is 3. The lowest BCUT2D eigenvalue weighted by Crippen LogP contribution is -1.98. The first kappa shape index (κ1) is 8.31. The monoisotopic (exact) mass is 200 g/mol. The molecule has 1 aromatic carbocycles. The van der Waals surface area contributed by atoms with Gasteiger partial charge in [0.15, 0.2) is 0 Å². The molecule has 0 aliphatic heterocycles. The van der Waals surface area contributed by atoms with Crippen LogP contribution in [0.4, 0.5) is 0 Å². The van der Waals surface area contributed by atoms with Gasteiger partial charge in [-0.3, -0.25) is 4.98 Å². The largest absolute Gasteiger partial charge is 0.374 e. The van der Waals surface area contributed by atoms with Crippen LogP contribution in [0.2, 0.25) is 0 Å². The first-order valence-corrected chi connectivity index (χ1v) is 4.58. The number of pyridine rings is 1. The molecule has 3 aromatic rings. The summed E-state index contributed by atoms with van der Waals surface area (Å²) < 4.78 is 1.46. The fraction of sp³-hybridized carbons (Fsp3) is 0.100. The topological polar surface area (TPSA) is 63.8 Å². The van der Waals surface area contributed by atoms with Gasteiger partial charge in [0.1, 0.15) is 17.8 Å². The third-order valence-electron chi connectivity index (χ3n) is 2.39. The molecule has 0 aliphatic carbocycles. The lowest BCUT2D eigenvalue weighted by Gasteiger charge is -2.00. The Morgan fingerprint density at radius 3 is 2.93 bits per heavy atom. The summed E-state index contributed by atoms with van der Waals surface area (Å²) in [4.78, 5) is 4.24. The Bertz CT molecular complexity index is 631. The molecule has 15 heavy (non-hydrogen) atoms. The summed E-state index contributed by atoms with van der Waals surface area (Å²) in [6.45, 7) is -0.176. The van der Waals surface area contributed by atoms with Crippen LogP contribution < -0.4 is 0 Å². The first-order chi connectivity index (χ1) is 7.40. The number of aliphatic hydroxyl groups is 1. The Morgan fingerprint density at radius 1 is 1.20 bits per heavy atom. The van der Waals surface area contributed by atoms with Crippen LogP contribution in [0.5, 0.6) is 0 Å². The van der Waals surface area contributed by atoms with Gasteiger partial charge in [0.25, 0.3) is 0 Å². The highest BCUT2D eigenvalue weighted by Crippen LogP contribution is 2.21. The molecule has 2 aromatic heterocycles. The van der Waals surface area contributed by atoms with Gasteiger partial charge < -0.3 is 5.11 Å². The second kappa shape index (κ2) is 2.99. The summed E-state index contributed by atoms with van der Waals surface area (Å²) in [5.74, 6) is 0. The van der Waals surface area contributed by atoms with Crippen molar-refractivity contribution >= 4 is 21.9 Å². The molecule has 1 N–H and O–H groups in total. The maximum atomic E-state index is 9.12. The van der Waals surface area contributed by atoms with Gasteiger partial charge in [0.05, 0.1) is 5.52 Å². The van der Waals surface area contributed by atoms with Crippen molar-refractivity contribution < 1.29 is 5.11 Å². The minimum Gasteiger partial charge on any atom is -0.374 e. The molecule has 0 spiro atoms. The van der Waals surface area contributed by atoms with E-state index >= 15 is 0 Å². The highest BCUT2D eigenvalue weighted by Gasteiger charge is 2.07. The number of aromatic nitrogens is 4. The Labute approximate surface area is 85.0 Å². The second-order valence-electron chi connectivity index (χ2n) is 3.23. The van der Waals surface area contributed by atoms with E-state index in [9.17, 15) is 0 Å². The summed E-state index contributed by atoms with van der Waals surface area (Å²) in [7, 11) is 0. The molecular formula is C10H8N4O. The third kappa shape index (κ3) is 1.10. The van der Waals surface area contributed by atoms with E-state index in [-0.39, 0.29) is 6.73 Å². The molecule has 3 rings (SSSR count). The van der Waals surface area contributed by atoms with E-state index in [1.165, 1.54) is 4.68 Å². The van der Waals surface area contributed by atoms with Gasteiger partial charge in [-0.15, -0.1) is 5.10 Å². The van der Waals surface area contributed by atoms with Crippen LogP contribution in [0, 0.1) is 0 Å². The molecule has 5 nitrogen and oxygen atoms in total. The molecule has 0 unspecified atom stereocenters. The average molecular weight is 200 g/mol. The Kier molecular flexibility index (Phi) is 1.66. The summed E-state index contributed by atoms with van der Waals surface area (Å²) in [5, 5.41) is 17.9. The fourth-order valence-electron chi connectivity index (χ4n) is 1.72. The smallest absolute Gasteiger partial charge is 0.138 e. The molecule has 0 aliphatic rings. The van der Waals surface area contributed by atoms with Gasteiger partial charge in [-0.1, -0.05) is 5.21 Å². The molecule has 0 saturated carbocycles. The maximum absolute atomic E-state index is 9.12. The van der Waals surface area contributed by atoms with Gasteiger partial charge in [0.2, 0.25) is 0 Å². The number of hydrogen-bond acceptors (Lipinski definition) is 4. The van der Waals surface area contributed by atoms with E-state index in [4.69, 9.17) is 5.11 Å². The van der Waals surface area contributed by atoms with Crippen LogP contribution >= 0.6 is 0 Å². The lowest BCUT2D eigenvalue weighted by atomic mass is 10.2. The van der Waals surface area contributed by atoms with Crippen molar-refractivity contribution in [3.8, 4) is 0 Å². The van der Waals surface area contributed by atoms with E-state index in [0.717, 1.165) is 21.9 Å². The molecular weight excluding hydrogens is 192 g/mol. The highest BCUT2D eigenvalue weighted by molar-refractivity contribution is 6.02. The normalized spacial score (nSPS) is 11.3. The predicted molar refractivity (Wildman–Crippen MR) is 55.0 cm³/mol. The fourth-order valence-corrected chi connectivity index (χ4v) is 1.72. The Morgan fingerprint density at radius 2 is 2.07 bits per heavy atom. The highest BCUT2D eigenvalue weighted by atomic mass is 16.3. The number of nitrogens with zero attached hydrogens (tertiary/aromatic N) is 4. The molecule has 5 heteroatoms. The Hall–Kier alpha value is -2.01. The van der Waals surface area contributed by atoms with Crippen molar-refractivity contribution in [2.75, 3.05) is 0 Å². The third-order valence-corrected chi connectivity index (χ3v) is 2.39. The van der Waals surface area contributed by atoms with Crippen LogP contribution in [-0.4, -0.2) is 25.1 Å². The standard InChI is InChI=1S/C10H8N4O/c15-6-14-10-7-2-1-5-11-8(7)3-4-9(10)12-13-14/h1-5,15H,6H2. The summed E-state index contributed by atoms with van der Waals surface area (Å²) in [6.07, 6.45) is 1.74. The zero-order valence-electron chi connectivity index (χ0n) is 7.83. The molecule has 74 valence electrons. The van der Waals surface area contributed by atoms with Gasteiger partial charge in [-0.25, -0.2) is 4.68 Å². The van der Waals surface area contributed by atoms with Crippen molar-refractivity contribution in [2.45, 2.75) is 6.73 Å². The predicted octanol–water partition coefficient (Wildman–Crippen LogP) is 0.929. The zero-order valence-corrected chi connectivity index (χ0v) is 7.83. The Balaban J connectivity index is 2.56. The SMILES string of the molecule is OCn1nnc2ccc3ncccc3c21. The van der Waals surface area contributed by atoms with Crippen molar-refractivity contribution in [3.63, 3.8) is 0 Å². The molecule has 0 fully saturated rings. The zero-order chi connectivity index (χ0) is 10.3. The number of benzene rings is 1. The van der Waals surface area contributed by atoms with E-state index in [1.54, 1.807) is 6.20 Å². The van der Waals surface area contributed by atoms with Crippen molar-refractivity contribution in [3.05, 3.63) is 30.5 Å². The van der Waals surface area contributed by atoms with Crippen LogP contribution in [-0.2, 0) is 6.73 Å². The van der Waals surface area contributed by atoms with Crippen LogP contribution in [0.1, 0.15) is 0 Å². The number of hydrogen-bond donors (Lipinski definition) is 1. The minimum atomic E-state index is -0.176. The van der Waals surface area contributed by atoms with Gasteiger partial charge in [-0.2, -0.15) is 0 Å². The van der Waals surface area contributed by atoms with E-state index in [1.807, 2.05) is 24.3 Å².